The minimum Gasteiger partial charge on any atom is -0.481 e. The zero-order valence-corrected chi connectivity index (χ0v) is 8.87. The number of nitrogens with two attached hydrogens (primary N) is 1. The van der Waals surface area contributed by atoms with Crippen molar-refractivity contribution in [3.05, 3.63) is 29.6 Å². The van der Waals surface area contributed by atoms with Gasteiger partial charge in [0.25, 0.3) is 0 Å². The van der Waals surface area contributed by atoms with E-state index in [0.29, 0.717) is 5.56 Å². The quantitative estimate of drug-likeness (QED) is 0.847. The van der Waals surface area contributed by atoms with Gasteiger partial charge >= 0.3 is 6.18 Å². The molecule has 0 spiro atoms. The molecule has 0 aliphatic heterocycles. The fraction of sp³-hybridized carbons (Fsp3) is 0.333. The highest BCUT2D eigenvalue weighted by molar-refractivity contribution is 5.85. The molecular weight excluding hydrogens is 250 g/mol. The van der Waals surface area contributed by atoms with Gasteiger partial charge in [0.1, 0.15) is 0 Å². The maximum Gasteiger partial charge on any atom is 0.422 e. The van der Waals surface area contributed by atoms with Gasteiger partial charge in [-0.2, -0.15) is 13.2 Å². The largest absolute Gasteiger partial charge is 0.481 e. The van der Waals surface area contributed by atoms with Crippen molar-refractivity contribution in [1.29, 1.82) is 0 Å². The van der Waals surface area contributed by atoms with E-state index >= 15 is 0 Å². The lowest BCUT2D eigenvalue weighted by atomic mass is 10.2. The van der Waals surface area contributed by atoms with Crippen molar-refractivity contribution in [2.45, 2.75) is 12.7 Å². The van der Waals surface area contributed by atoms with Crippen LogP contribution in [0.5, 0.6) is 5.75 Å². The van der Waals surface area contributed by atoms with Gasteiger partial charge < -0.3 is 10.5 Å². The molecule has 16 heavy (non-hydrogen) atoms. The highest BCUT2D eigenvalue weighted by Crippen LogP contribution is 2.21. The van der Waals surface area contributed by atoms with E-state index in [4.69, 9.17) is 5.73 Å². The van der Waals surface area contributed by atoms with Crippen LogP contribution in [0, 0.1) is 5.82 Å². The lowest BCUT2D eigenvalue weighted by molar-refractivity contribution is -0.153. The molecular formula is C9H10ClF4NO. The Morgan fingerprint density at radius 1 is 1.25 bits per heavy atom. The molecule has 0 aliphatic rings. The van der Waals surface area contributed by atoms with Gasteiger partial charge in [-0.15, -0.1) is 12.4 Å². The number of ether oxygens (including phenoxy) is 1. The van der Waals surface area contributed by atoms with Crippen LogP contribution in [-0.2, 0) is 6.54 Å². The normalized spacial score (nSPS) is 10.8. The summed E-state index contributed by atoms with van der Waals surface area (Å²) in [5.41, 5.74) is 5.72. The zero-order chi connectivity index (χ0) is 11.5. The second-order valence-corrected chi connectivity index (χ2v) is 2.87. The van der Waals surface area contributed by atoms with Crippen LogP contribution < -0.4 is 10.5 Å². The van der Waals surface area contributed by atoms with Gasteiger partial charge in [-0.3, -0.25) is 0 Å². The summed E-state index contributed by atoms with van der Waals surface area (Å²) in [5.74, 6) is -1.27. The molecule has 0 fully saturated rings. The van der Waals surface area contributed by atoms with E-state index in [1.165, 1.54) is 6.07 Å². The van der Waals surface area contributed by atoms with Crippen molar-refractivity contribution in [2.24, 2.45) is 5.73 Å². The van der Waals surface area contributed by atoms with E-state index in [9.17, 15) is 17.6 Å². The van der Waals surface area contributed by atoms with Gasteiger partial charge in [-0.05, 0) is 17.7 Å². The second kappa shape index (κ2) is 5.91. The third kappa shape index (κ3) is 4.67. The minimum absolute atomic E-state index is 0. The molecule has 0 atom stereocenters. The lowest BCUT2D eigenvalue weighted by Gasteiger charge is -2.10. The average molecular weight is 260 g/mol. The summed E-state index contributed by atoms with van der Waals surface area (Å²) in [5, 5.41) is 0. The first-order valence-electron chi connectivity index (χ1n) is 4.10. The van der Waals surface area contributed by atoms with Crippen LogP contribution >= 0.6 is 12.4 Å². The fourth-order valence-corrected chi connectivity index (χ4v) is 0.948. The lowest BCUT2D eigenvalue weighted by Crippen LogP contribution is -2.19. The molecule has 0 unspecified atom stereocenters. The van der Waals surface area contributed by atoms with E-state index in [1.807, 2.05) is 0 Å². The summed E-state index contributed by atoms with van der Waals surface area (Å²) in [4.78, 5) is 0. The standard InChI is InChI=1S/C9H9F4NO.ClH/c10-7-3-6(4-14)1-2-8(7)15-5-9(11,12)13;/h1-3H,4-5,14H2;1H. The molecule has 0 amide bonds. The minimum atomic E-state index is -4.47. The Morgan fingerprint density at radius 2 is 1.88 bits per heavy atom. The molecule has 2 nitrogen and oxygen atoms in total. The third-order valence-corrected chi connectivity index (χ3v) is 1.62. The predicted octanol–water partition coefficient (Wildman–Crippen LogP) is 2.65. The SMILES string of the molecule is Cl.NCc1ccc(OCC(F)(F)F)c(F)c1. The van der Waals surface area contributed by atoms with Crippen LogP contribution in [0.2, 0.25) is 0 Å². The maximum absolute atomic E-state index is 13.1. The molecule has 0 saturated carbocycles. The molecule has 0 saturated heterocycles. The topological polar surface area (TPSA) is 35.2 Å². The highest BCUT2D eigenvalue weighted by atomic mass is 35.5. The van der Waals surface area contributed by atoms with Crippen LogP contribution in [0.25, 0.3) is 0 Å². The molecule has 1 rings (SSSR count). The molecule has 1 aromatic rings. The number of hydrogen-bond donors (Lipinski definition) is 1. The number of halogens is 5. The van der Waals surface area contributed by atoms with Crippen LogP contribution in [0.15, 0.2) is 18.2 Å². The van der Waals surface area contributed by atoms with Crippen molar-refractivity contribution >= 4 is 12.4 Å². The Balaban J connectivity index is 0.00000225. The van der Waals surface area contributed by atoms with Gasteiger partial charge in [0.05, 0.1) is 0 Å². The van der Waals surface area contributed by atoms with Crippen LogP contribution in [0.3, 0.4) is 0 Å². The molecule has 0 heterocycles. The van der Waals surface area contributed by atoms with E-state index in [1.54, 1.807) is 0 Å². The van der Waals surface area contributed by atoms with Gasteiger partial charge in [0.15, 0.2) is 18.2 Å². The van der Waals surface area contributed by atoms with Crippen LogP contribution in [-0.4, -0.2) is 12.8 Å². The first-order valence-corrected chi connectivity index (χ1v) is 4.10. The zero-order valence-electron chi connectivity index (χ0n) is 8.05. The molecule has 2 N–H and O–H groups in total. The van der Waals surface area contributed by atoms with E-state index in [-0.39, 0.29) is 19.0 Å². The van der Waals surface area contributed by atoms with Crippen molar-refractivity contribution in [2.75, 3.05) is 6.61 Å². The summed E-state index contributed by atoms with van der Waals surface area (Å²) >= 11 is 0. The van der Waals surface area contributed by atoms with E-state index in [0.717, 1.165) is 12.1 Å². The molecule has 0 aromatic heterocycles. The van der Waals surface area contributed by atoms with Crippen LogP contribution in [0.1, 0.15) is 5.56 Å². The molecule has 0 radical (unpaired) electrons. The summed E-state index contributed by atoms with van der Waals surface area (Å²) < 4.78 is 52.6. The van der Waals surface area contributed by atoms with E-state index in [2.05, 4.69) is 4.74 Å². The second-order valence-electron chi connectivity index (χ2n) is 2.87. The fourth-order valence-electron chi connectivity index (χ4n) is 0.948. The first-order chi connectivity index (χ1) is 6.92. The summed E-state index contributed by atoms with van der Waals surface area (Å²) in [6, 6.07) is 3.59. The number of benzene rings is 1. The molecule has 7 heteroatoms. The number of hydrogen-bond acceptors (Lipinski definition) is 2. The molecule has 0 bridgehead atoms. The Hall–Kier alpha value is -1.01. The van der Waals surface area contributed by atoms with Gasteiger partial charge in [0.2, 0.25) is 0 Å². The summed E-state index contributed by atoms with van der Waals surface area (Å²) in [6.07, 6.45) is -4.47. The van der Waals surface area contributed by atoms with E-state index < -0.39 is 24.3 Å². The monoisotopic (exact) mass is 259 g/mol. The van der Waals surface area contributed by atoms with Gasteiger partial charge in [0, 0.05) is 6.54 Å². The highest BCUT2D eigenvalue weighted by Gasteiger charge is 2.28. The number of alkyl halides is 3. The predicted molar refractivity (Wildman–Crippen MR) is 53.1 cm³/mol. The number of rotatable bonds is 3. The Labute approximate surface area is 95.8 Å². The van der Waals surface area contributed by atoms with Crippen molar-refractivity contribution in [1.82, 2.24) is 0 Å². The van der Waals surface area contributed by atoms with Gasteiger partial charge in [-0.25, -0.2) is 4.39 Å². The Morgan fingerprint density at radius 3 is 2.31 bits per heavy atom. The van der Waals surface area contributed by atoms with Crippen molar-refractivity contribution in [3.63, 3.8) is 0 Å². The first kappa shape index (κ1) is 15.0. The molecule has 0 aliphatic carbocycles. The Bertz CT molecular complexity index is 343. The molecule has 1 aromatic carbocycles. The maximum atomic E-state index is 13.1. The summed E-state index contributed by atoms with van der Waals surface area (Å²) in [6.45, 7) is -1.39. The smallest absolute Gasteiger partial charge is 0.422 e. The Kier molecular flexibility index (Phi) is 5.53. The summed E-state index contributed by atoms with van der Waals surface area (Å²) in [7, 11) is 0. The average Bonchev–Trinajstić information content (AvgIpc) is 2.14. The third-order valence-electron chi connectivity index (χ3n) is 1.62. The van der Waals surface area contributed by atoms with Crippen LogP contribution in [0.4, 0.5) is 17.6 Å². The van der Waals surface area contributed by atoms with Crippen molar-refractivity contribution < 1.29 is 22.3 Å². The van der Waals surface area contributed by atoms with Gasteiger partial charge in [-0.1, -0.05) is 6.07 Å². The molecule has 92 valence electrons. The van der Waals surface area contributed by atoms with Crippen molar-refractivity contribution in [3.8, 4) is 5.75 Å².